The molecule has 0 aliphatic rings. The lowest BCUT2D eigenvalue weighted by molar-refractivity contribution is 0.934. The fraction of sp³-hybridized carbons (Fsp3) is 0.0755. The molecule has 0 aliphatic heterocycles. The zero-order valence-electron chi connectivity index (χ0n) is 31.6. The van der Waals surface area contributed by atoms with Gasteiger partial charge in [0.2, 0.25) is 0 Å². The number of nitrogens with zero attached hydrogens (tertiary/aromatic N) is 2. The minimum atomic E-state index is 0.948. The zero-order valence-corrected chi connectivity index (χ0v) is 31.6. The molecule has 0 spiro atoms. The van der Waals surface area contributed by atoms with Crippen LogP contribution in [0.5, 0.6) is 0 Å². The van der Waals surface area contributed by atoms with Gasteiger partial charge in [0.05, 0.1) is 11.4 Å². The first-order valence-electron chi connectivity index (χ1n) is 19.1. The average molecular weight is 705 g/mol. The molecule has 0 saturated heterocycles. The number of benzene rings is 9. The van der Waals surface area contributed by atoms with Crippen LogP contribution >= 0.6 is 0 Å². The maximum Gasteiger partial charge on any atom is 0.141 e. The largest absolute Gasteiger partial charge is 0.327 e. The van der Waals surface area contributed by atoms with Crippen molar-refractivity contribution in [3.63, 3.8) is 0 Å². The minimum absolute atomic E-state index is 0.948. The fourth-order valence-corrected chi connectivity index (χ4v) is 8.93. The van der Waals surface area contributed by atoms with Gasteiger partial charge in [-0.2, -0.15) is 0 Å². The molecular formula is C53H40N2. The van der Waals surface area contributed by atoms with Crippen molar-refractivity contribution in [1.29, 1.82) is 0 Å². The molecule has 0 radical (unpaired) electrons. The van der Waals surface area contributed by atoms with Gasteiger partial charge in [-0.3, -0.25) is 0 Å². The molecule has 2 nitrogen and oxygen atoms in total. The monoisotopic (exact) mass is 704 g/mol. The summed E-state index contributed by atoms with van der Waals surface area (Å²) >= 11 is 0. The first-order valence-corrected chi connectivity index (χ1v) is 19.1. The Balaban J connectivity index is 1.39. The number of hydrogen-bond donors (Lipinski definition) is 0. The Hall–Kier alpha value is -6.77. The molecule has 1 aromatic heterocycles. The summed E-state index contributed by atoms with van der Waals surface area (Å²) in [6, 6.07) is 62.0. The SMILES string of the molecule is Cc1ccccc1-c1cc(-c2ccccc2C)c2ccc3c(-c4nc(-c5ccccc5)c(-c5ccccc5)n4C)cc(-c4ccccc4C)c4ccc1c2c43. The highest BCUT2D eigenvalue weighted by atomic mass is 15.1. The topological polar surface area (TPSA) is 17.8 Å². The maximum absolute atomic E-state index is 5.58. The number of rotatable bonds is 6. The third-order valence-corrected chi connectivity index (χ3v) is 11.6. The highest BCUT2D eigenvalue weighted by Gasteiger charge is 2.25. The summed E-state index contributed by atoms with van der Waals surface area (Å²) in [6.45, 7) is 6.68. The van der Waals surface area contributed by atoms with Crippen LogP contribution in [-0.2, 0) is 7.05 Å². The Labute approximate surface area is 322 Å². The summed E-state index contributed by atoms with van der Waals surface area (Å²) in [4.78, 5) is 5.58. The number of aromatic nitrogens is 2. The smallest absolute Gasteiger partial charge is 0.141 e. The Morgan fingerprint density at radius 2 is 0.727 bits per heavy atom. The molecule has 0 saturated carbocycles. The molecule has 2 heteroatoms. The number of aryl methyl sites for hydroxylation is 3. The summed E-state index contributed by atoms with van der Waals surface area (Å²) in [5.41, 5.74) is 16.7. The molecule has 0 fully saturated rings. The molecule has 0 atom stereocenters. The molecule has 0 unspecified atom stereocenters. The van der Waals surface area contributed by atoms with Crippen molar-refractivity contribution < 1.29 is 0 Å². The van der Waals surface area contributed by atoms with Gasteiger partial charge in [-0.15, -0.1) is 0 Å². The quantitative estimate of drug-likeness (QED) is 0.158. The van der Waals surface area contributed by atoms with E-state index in [1.807, 2.05) is 0 Å². The average Bonchev–Trinajstić information content (AvgIpc) is 3.57. The second-order valence-corrected chi connectivity index (χ2v) is 14.9. The summed E-state index contributed by atoms with van der Waals surface area (Å²) in [5, 5.41) is 7.57. The second kappa shape index (κ2) is 13.0. The number of imidazole rings is 1. The lowest BCUT2D eigenvalue weighted by atomic mass is 9.81. The van der Waals surface area contributed by atoms with Gasteiger partial charge >= 0.3 is 0 Å². The lowest BCUT2D eigenvalue weighted by Crippen LogP contribution is -1.99. The van der Waals surface area contributed by atoms with Crippen molar-refractivity contribution in [2.24, 2.45) is 7.05 Å². The zero-order chi connectivity index (χ0) is 37.2. The van der Waals surface area contributed by atoms with Crippen molar-refractivity contribution in [1.82, 2.24) is 9.55 Å². The van der Waals surface area contributed by atoms with Crippen LogP contribution in [0.15, 0.2) is 170 Å². The van der Waals surface area contributed by atoms with Gasteiger partial charge in [0.15, 0.2) is 0 Å². The van der Waals surface area contributed by atoms with Gasteiger partial charge in [-0.25, -0.2) is 4.98 Å². The molecule has 0 aliphatic carbocycles. The second-order valence-electron chi connectivity index (χ2n) is 14.9. The molecule has 262 valence electrons. The van der Waals surface area contributed by atoms with Crippen LogP contribution in [0.1, 0.15) is 16.7 Å². The molecule has 10 rings (SSSR count). The lowest BCUT2D eigenvalue weighted by Gasteiger charge is -2.22. The van der Waals surface area contributed by atoms with E-state index in [0.29, 0.717) is 0 Å². The van der Waals surface area contributed by atoms with E-state index in [2.05, 4.69) is 202 Å². The van der Waals surface area contributed by atoms with Crippen LogP contribution in [0.3, 0.4) is 0 Å². The van der Waals surface area contributed by atoms with E-state index in [0.717, 1.165) is 33.9 Å². The van der Waals surface area contributed by atoms with E-state index in [-0.39, 0.29) is 0 Å². The first kappa shape index (κ1) is 32.8. The van der Waals surface area contributed by atoms with E-state index in [4.69, 9.17) is 4.98 Å². The van der Waals surface area contributed by atoms with Gasteiger partial charge in [-0.05, 0) is 115 Å². The molecule has 55 heavy (non-hydrogen) atoms. The molecule has 10 aromatic rings. The van der Waals surface area contributed by atoms with Gasteiger partial charge in [0.1, 0.15) is 5.82 Å². The van der Waals surface area contributed by atoms with Crippen molar-refractivity contribution in [2.75, 3.05) is 0 Å². The van der Waals surface area contributed by atoms with Gasteiger partial charge in [-0.1, -0.05) is 158 Å². The van der Waals surface area contributed by atoms with Gasteiger partial charge < -0.3 is 4.57 Å². The van der Waals surface area contributed by atoms with E-state index < -0.39 is 0 Å². The van der Waals surface area contributed by atoms with Crippen LogP contribution in [0.4, 0.5) is 0 Å². The molecule has 1 heterocycles. The third-order valence-electron chi connectivity index (χ3n) is 11.6. The third kappa shape index (κ3) is 5.21. The summed E-state index contributed by atoms with van der Waals surface area (Å²) in [7, 11) is 2.18. The van der Waals surface area contributed by atoms with Crippen molar-refractivity contribution in [2.45, 2.75) is 20.8 Å². The van der Waals surface area contributed by atoms with Crippen LogP contribution in [-0.4, -0.2) is 9.55 Å². The predicted octanol–water partition coefficient (Wildman–Crippen LogP) is 14.2. The Kier molecular flexibility index (Phi) is 7.74. The predicted molar refractivity (Wildman–Crippen MR) is 234 cm³/mol. The van der Waals surface area contributed by atoms with Gasteiger partial charge in [0, 0.05) is 23.7 Å². The molecule has 0 bridgehead atoms. The van der Waals surface area contributed by atoms with E-state index in [1.54, 1.807) is 0 Å². The summed E-state index contributed by atoms with van der Waals surface area (Å²) < 4.78 is 2.31. The molecule has 0 amide bonds. The standard InChI is InChI=1S/C53H40N2/c1-33-17-11-14-24-38(33)45-31-46(39-25-15-12-18-34(39)2)42-29-30-44-48(32-47(40-26-16-13-19-35(40)3)43-28-27-41(45)49(42)50(43)44)53-54-51(36-20-7-5-8-21-36)52(55(53)4)37-22-9-6-10-23-37/h5-32H,1-4H3. The maximum atomic E-state index is 5.58. The molecule has 9 aromatic carbocycles. The highest BCUT2D eigenvalue weighted by Crippen LogP contribution is 2.50. The van der Waals surface area contributed by atoms with Crippen LogP contribution in [0.25, 0.3) is 99.6 Å². The molecular weight excluding hydrogens is 665 g/mol. The van der Waals surface area contributed by atoms with Crippen LogP contribution in [0, 0.1) is 20.8 Å². The molecule has 0 N–H and O–H groups in total. The van der Waals surface area contributed by atoms with Crippen molar-refractivity contribution in [3.8, 4) is 67.3 Å². The normalized spacial score (nSPS) is 11.6. The van der Waals surface area contributed by atoms with Crippen molar-refractivity contribution in [3.05, 3.63) is 187 Å². The summed E-state index contributed by atoms with van der Waals surface area (Å²) in [5.74, 6) is 0.948. The van der Waals surface area contributed by atoms with E-state index in [9.17, 15) is 0 Å². The van der Waals surface area contributed by atoms with E-state index in [1.165, 1.54) is 82.4 Å². The van der Waals surface area contributed by atoms with Crippen LogP contribution in [0.2, 0.25) is 0 Å². The minimum Gasteiger partial charge on any atom is -0.327 e. The van der Waals surface area contributed by atoms with Crippen LogP contribution < -0.4 is 0 Å². The van der Waals surface area contributed by atoms with Crippen molar-refractivity contribution >= 4 is 32.3 Å². The summed E-state index contributed by atoms with van der Waals surface area (Å²) in [6.07, 6.45) is 0. The Morgan fingerprint density at radius 1 is 0.364 bits per heavy atom. The fourth-order valence-electron chi connectivity index (χ4n) is 8.93. The highest BCUT2D eigenvalue weighted by molar-refractivity contribution is 6.32. The Morgan fingerprint density at radius 3 is 1.16 bits per heavy atom. The number of hydrogen-bond acceptors (Lipinski definition) is 1. The Bertz CT molecular complexity index is 2990. The van der Waals surface area contributed by atoms with Gasteiger partial charge in [0.25, 0.3) is 0 Å². The van der Waals surface area contributed by atoms with E-state index >= 15 is 0 Å². The first-order chi connectivity index (χ1) is 27.0.